The van der Waals surface area contributed by atoms with Crippen molar-refractivity contribution in [2.24, 2.45) is 28.6 Å². The van der Waals surface area contributed by atoms with Gasteiger partial charge < -0.3 is 35.8 Å². The maximum absolute atomic E-state index is 14.4. The van der Waals surface area contributed by atoms with Crippen molar-refractivity contribution < 1.29 is 33.5 Å². The maximum Gasteiger partial charge on any atom is 0.409 e. The third-order valence-electron chi connectivity index (χ3n) is 9.58. The van der Waals surface area contributed by atoms with Crippen LogP contribution in [0.1, 0.15) is 87.5 Å². The fourth-order valence-electron chi connectivity index (χ4n) is 6.35. The minimum Gasteiger partial charge on any atom is -0.449 e. The topological polar surface area (TPSA) is 166 Å². The molecule has 48 heavy (non-hydrogen) atoms. The van der Waals surface area contributed by atoms with Crippen molar-refractivity contribution in [3.8, 4) is 0 Å². The first-order valence-electron chi connectivity index (χ1n) is 17.4. The number of hydrogen-bond donors (Lipinski definition) is 4. The molecule has 5 atom stereocenters. The van der Waals surface area contributed by atoms with Gasteiger partial charge >= 0.3 is 12.1 Å². The lowest BCUT2D eigenvalue weighted by atomic mass is 9.84. The molecule has 3 rings (SSSR count). The molecule has 3 aliphatic rings. The molecule has 0 aromatic heterocycles. The minimum absolute atomic E-state index is 0.0467. The molecule has 1 saturated carbocycles. The smallest absolute Gasteiger partial charge is 0.409 e. The number of carbonyl (C=O) groups excluding carboxylic acids is 6. The normalized spacial score (nSPS) is 21.9. The second-order valence-corrected chi connectivity index (χ2v) is 16.0. The molecule has 0 radical (unpaired) electrons. The fraction of sp³-hybridized carbons (Fsp3) is 0.771. The van der Waals surface area contributed by atoms with E-state index in [9.17, 15) is 28.8 Å². The van der Waals surface area contributed by atoms with Crippen LogP contribution in [-0.2, 0) is 23.9 Å². The van der Waals surface area contributed by atoms with Crippen LogP contribution in [0.15, 0.2) is 12.7 Å². The molecular formula is C35H58N6O7. The standard InChI is InChI=1S/C35H58N6O7/c1-10-15-36-30(44)27(42)24(19-22-12-13-22)37-29(43)26-23(21(2)3)14-17-41(26)31(45)28(35(7,8)9)39-32(46)38-25(34(4,5)6)20-40-16-11-18-48-33(40)47/h10,21-26,28H,1,11-20H2,2-9H3,(H,36,44)(H,37,43)(H2,38,39,46)/t23?,24?,25-,26+,28-/m1/s1. The van der Waals surface area contributed by atoms with Gasteiger partial charge in [0.05, 0.1) is 18.7 Å². The lowest BCUT2D eigenvalue weighted by Gasteiger charge is -2.39. The molecular weight excluding hydrogens is 616 g/mol. The van der Waals surface area contributed by atoms with Crippen molar-refractivity contribution in [3.63, 3.8) is 0 Å². The van der Waals surface area contributed by atoms with Gasteiger partial charge in [0.15, 0.2) is 0 Å². The molecule has 270 valence electrons. The van der Waals surface area contributed by atoms with E-state index in [0.717, 1.165) is 12.8 Å². The quantitative estimate of drug-likeness (QED) is 0.162. The maximum atomic E-state index is 14.4. The Hall–Kier alpha value is -3.64. The summed E-state index contributed by atoms with van der Waals surface area (Å²) in [5.41, 5.74) is -1.15. The van der Waals surface area contributed by atoms with Gasteiger partial charge in [-0.3, -0.25) is 19.2 Å². The minimum atomic E-state index is -1.01. The molecule has 4 N–H and O–H groups in total. The van der Waals surface area contributed by atoms with Crippen LogP contribution in [0, 0.1) is 28.6 Å². The average Bonchev–Trinajstić information content (AvgIpc) is 3.70. The molecule has 0 bridgehead atoms. The highest BCUT2D eigenvalue weighted by Gasteiger charge is 2.48. The van der Waals surface area contributed by atoms with Gasteiger partial charge in [-0.05, 0) is 47.8 Å². The largest absolute Gasteiger partial charge is 0.449 e. The summed E-state index contributed by atoms with van der Waals surface area (Å²) in [5, 5.41) is 11.2. The van der Waals surface area contributed by atoms with Gasteiger partial charge in [0, 0.05) is 26.2 Å². The molecule has 0 aromatic rings. The van der Waals surface area contributed by atoms with E-state index in [-0.39, 0.29) is 30.8 Å². The number of Topliss-reactive ketones (excluding diaryl/α,β-unsaturated/α-hetero) is 1. The van der Waals surface area contributed by atoms with Crippen LogP contribution in [-0.4, -0.2) is 102 Å². The second-order valence-electron chi connectivity index (χ2n) is 16.0. The summed E-state index contributed by atoms with van der Waals surface area (Å²) in [6.07, 6.45) is 4.54. The van der Waals surface area contributed by atoms with Crippen LogP contribution in [0.5, 0.6) is 0 Å². The zero-order valence-electron chi connectivity index (χ0n) is 30.1. The van der Waals surface area contributed by atoms with Gasteiger partial charge in [-0.25, -0.2) is 9.59 Å². The summed E-state index contributed by atoms with van der Waals surface area (Å²) < 4.78 is 5.18. The first kappa shape index (κ1) is 38.8. The number of urea groups is 1. The third-order valence-corrected chi connectivity index (χ3v) is 9.58. The van der Waals surface area contributed by atoms with E-state index in [1.807, 2.05) is 55.4 Å². The van der Waals surface area contributed by atoms with E-state index >= 15 is 0 Å². The highest BCUT2D eigenvalue weighted by atomic mass is 16.6. The van der Waals surface area contributed by atoms with Gasteiger partial charge in [0.2, 0.25) is 17.6 Å². The van der Waals surface area contributed by atoms with Gasteiger partial charge in [-0.1, -0.05) is 74.3 Å². The van der Waals surface area contributed by atoms with Crippen molar-refractivity contribution in [2.45, 2.75) is 112 Å². The molecule has 1 aliphatic carbocycles. The summed E-state index contributed by atoms with van der Waals surface area (Å²) in [7, 11) is 0. The van der Waals surface area contributed by atoms with E-state index in [2.05, 4.69) is 27.8 Å². The number of cyclic esters (lactones) is 1. The zero-order valence-corrected chi connectivity index (χ0v) is 30.1. The number of hydrogen-bond acceptors (Lipinski definition) is 7. The molecule has 0 aromatic carbocycles. The summed E-state index contributed by atoms with van der Waals surface area (Å²) in [5.74, 6) is -2.27. The van der Waals surface area contributed by atoms with Gasteiger partial charge in [-0.2, -0.15) is 0 Å². The molecule has 2 aliphatic heterocycles. The lowest BCUT2D eigenvalue weighted by Crippen LogP contribution is -2.62. The Morgan fingerprint density at radius 1 is 0.958 bits per heavy atom. The molecule has 13 nitrogen and oxygen atoms in total. The number of nitrogens with one attached hydrogen (secondary N) is 4. The number of amides is 6. The van der Waals surface area contributed by atoms with Crippen LogP contribution < -0.4 is 21.3 Å². The number of ether oxygens (including phenoxy) is 1. The molecule has 0 spiro atoms. The monoisotopic (exact) mass is 674 g/mol. The summed E-state index contributed by atoms with van der Waals surface area (Å²) >= 11 is 0. The molecule has 2 unspecified atom stereocenters. The Morgan fingerprint density at radius 3 is 2.17 bits per heavy atom. The zero-order chi connectivity index (χ0) is 36.0. The Labute approximate surface area is 285 Å². The van der Waals surface area contributed by atoms with E-state index in [0.29, 0.717) is 39.0 Å². The van der Waals surface area contributed by atoms with Crippen LogP contribution in [0.25, 0.3) is 0 Å². The first-order valence-corrected chi connectivity index (χ1v) is 17.4. The van der Waals surface area contributed by atoms with Crippen LogP contribution in [0.2, 0.25) is 0 Å². The highest BCUT2D eigenvalue weighted by Crippen LogP contribution is 2.36. The van der Waals surface area contributed by atoms with Crippen molar-refractivity contribution in [1.82, 2.24) is 31.1 Å². The van der Waals surface area contributed by atoms with Crippen LogP contribution in [0.3, 0.4) is 0 Å². The SMILES string of the molecule is C=CCNC(=O)C(=O)C(CC1CC1)NC(=O)[C@@H]1C(C(C)C)CCN1C(=O)[C@@H](NC(=O)N[C@H](CN1CCCOC1=O)C(C)(C)C)C(C)(C)C. The van der Waals surface area contributed by atoms with Crippen LogP contribution in [0.4, 0.5) is 9.59 Å². The average molecular weight is 675 g/mol. The number of rotatable bonds is 14. The molecule has 3 fully saturated rings. The third kappa shape index (κ3) is 10.4. The Morgan fingerprint density at radius 2 is 1.62 bits per heavy atom. The molecule has 13 heteroatoms. The summed E-state index contributed by atoms with van der Waals surface area (Å²) in [6.45, 7) is 20.6. The van der Waals surface area contributed by atoms with Gasteiger partial charge in [0.1, 0.15) is 12.1 Å². The number of carbonyl (C=O) groups is 6. The van der Waals surface area contributed by atoms with Crippen molar-refractivity contribution in [1.29, 1.82) is 0 Å². The van der Waals surface area contributed by atoms with E-state index < -0.39 is 70.6 Å². The number of ketones is 1. The highest BCUT2D eigenvalue weighted by molar-refractivity contribution is 6.38. The number of nitrogens with zero attached hydrogens (tertiary/aromatic N) is 2. The van der Waals surface area contributed by atoms with Gasteiger partial charge in [0.25, 0.3) is 5.91 Å². The van der Waals surface area contributed by atoms with Crippen molar-refractivity contribution in [3.05, 3.63) is 12.7 Å². The number of likely N-dealkylation sites (tertiary alicyclic amines) is 1. The molecule has 6 amide bonds. The summed E-state index contributed by atoms with van der Waals surface area (Å²) in [4.78, 5) is 83.1. The lowest BCUT2D eigenvalue weighted by molar-refractivity contribution is -0.144. The van der Waals surface area contributed by atoms with Gasteiger partial charge in [-0.15, -0.1) is 6.58 Å². The van der Waals surface area contributed by atoms with E-state index in [1.54, 1.807) is 4.90 Å². The molecule has 2 saturated heterocycles. The first-order chi connectivity index (χ1) is 22.3. The van der Waals surface area contributed by atoms with Crippen molar-refractivity contribution in [2.75, 3.05) is 32.8 Å². The van der Waals surface area contributed by atoms with E-state index in [4.69, 9.17) is 4.74 Å². The predicted octanol–water partition coefficient (Wildman–Crippen LogP) is 2.99. The predicted molar refractivity (Wildman–Crippen MR) is 182 cm³/mol. The Bertz CT molecular complexity index is 1220. The van der Waals surface area contributed by atoms with Crippen LogP contribution >= 0.6 is 0 Å². The Balaban J connectivity index is 1.81. The fourth-order valence-corrected chi connectivity index (χ4v) is 6.35. The second kappa shape index (κ2) is 16.2. The van der Waals surface area contributed by atoms with Crippen molar-refractivity contribution >= 4 is 35.6 Å². The Kier molecular flexibility index (Phi) is 13.1. The molecule has 2 heterocycles. The van der Waals surface area contributed by atoms with E-state index in [1.165, 1.54) is 11.0 Å². The summed E-state index contributed by atoms with van der Waals surface area (Å²) in [6, 6.07) is -3.89.